The third-order valence-electron chi connectivity index (χ3n) is 2.67. The molecule has 0 spiro atoms. The number of aromatic carboxylic acids is 1. The average molecular weight is 287 g/mol. The molecule has 0 aliphatic rings. The Balaban J connectivity index is 1.95. The highest BCUT2D eigenvalue weighted by Gasteiger charge is 2.11. The molecule has 2 amide bonds. The molecule has 1 aromatic heterocycles. The van der Waals surface area contributed by atoms with Crippen LogP contribution in [0.15, 0.2) is 36.7 Å². The molecule has 2 N–H and O–H groups in total. The predicted molar refractivity (Wildman–Crippen MR) is 73.7 cm³/mol. The number of rotatable bonds is 4. The van der Waals surface area contributed by atoms with Gasteiger partial charge >= 0.3 is 12.0 Å². The molecule has 2 aromatic rings. The minimum Gasteiger partial charge on any atom is -0.478 e. The molecule has 2 rings (SSSR count). The Morgan fingerprint density at radius 1 is 1.24 bits per heavy atom. The molecule has 0 atom stereocenters. The van der Waals surface area contributed by atoms with Crippen molar-refractivity contribution in [1.82, 2.24) is 20.1 Å². The van der Waals surface area contributed by atoms with Crippen molar-refractivity contribution in [3.05, 3.63) is 47.8 Å². The lowest BCUT2D eigenvalue weighted by Gasteiger charge is -2.17. The topological polar surface area (TPSA) is 108 Å². The summed E-state index contributed by atoms with van der Waals surface area (Å²) in [5.74, 6) is -0.864. The number of urea groups is 1. The van der Waals surface area contributed by atoms with E-state index in [0.717, 1.165) is 5.56 Å². The summed E-state index contributed by atoms with van der Waals surface area (Å²) in [6.45, 7) is 0.325. The van der Waals surface area contributed by atoms with Gasteiger partial charge in [0.1, 0.15) is 0 Å². The molecule has 108 valence electrons. The molecule has 21 heavy (non-hydrogen) atoms. The number of carboxylic acids is 1. The zero-order valence-electron chi connectivity index (χ0n) is 11.2. The molecule has 0 aliphatic carbocycles. The maximum Gasteiger partial charge on any atom is 0.335 e. The van der Waals surface area contributed by atoms with Gasteiger partial charge in [-0.3, -0.25) is 5.32 Å². The summed E-state index contributed by atoms with van der Waals surface area (Å²) in [4.78, 5) is 27.9. The van der Waals surface area contributed by atoms with E-state index in [1.165, 1.54) is 29.4 Å². The second kappa shape index (κ2) is 6.42. The standard InChI is InChI=1S/C13H13N5O3/c1-18(13(21)16-12-14-6-7-15-17-12)8-9-2-4-10(5-3-9)11(19)20/h2-7H,8H2,1H3,(H,19,20)(H,14,16,17,21). The molecule has 1 heterocycles. The first-order chi connectivity index (χ1) is 10.1. The van der Waals surface area contributed by atoms with Gasteiger partial charge < -0.3 is 10.0 Å². The third kappa shape index (κ3) is 3.96. The van der Waals surface area contributed by atoms with Crippen LogP contribution in [-0.2, 0) is 6.54 Å². The first-order valence-corrected chi connectivity index (χ1v) is 6.04. The van der Waals surface area contributed by atoms with Crippen LogP contribution >= 0.6 is 0 Å². The van der Waals surface area contributed by atoms with Gasteiger partial charge in [-0.25, -0.2) is 14.6 Å². The SMILES string of the molecule is CN(Cc1ccc(C(=O)O)cc1)C(=O)Nc1nccnn1. The smallest absolute Gasteiger partial charge is 0.335 e. The molecule has 8 heteroatoms. The number of hydrogen-bond donors (Lipinski definition) is 2. The molecule has 0 bridgehead atoms. The van der Waals surface area contributed by atoms with E-state index in [9.17, 15) is 9.59 Å². The van der Waals surface area contributed by atoms with Crippen LogP contribution < -0.4 is 5.32 Å². The molecule has 0 fully saturated rings. The molecular weight excluding hydrogens is 274 g/mol. The minimum atomic E-state index is -0.985. The monoisotopic (exact) mass is 287 g/mol. The van der Waals surface area contributed by atoms with Crippen molar-refractivity contribution in [2.45, 2.75) is 6.54 Å². The summed E-state index contributed by atoms with van der Waals surface area (Å²) in [6, 6.07) is 5.92. The van der Waals surface area contributed by atoms with Crippen molar-refractivity contribution >= 4 is 17.9 Å². The maximum absolute atomic E-state index is 11.9. The van der Waals surface area contributed by atoms with Gasteiger partial charge in [0.05, 0.1) is 18.0 Å². The number of carbonyl (C=O) groups excluding carboxylic acids is 1. The van der Waals surface area contributed by atoms with E-state index in [4.69, 9.17) is 5.11 Å². The Morgan fingerprint density at radius 3 is 2.52 bits per heavy atom. The van der Waals surface area contributed by atoms with Crippen molar-refractivity contribution in [3.63, 3.8) is 0 Å². The first-order valence-electron chi connectivity index (χ1n) is 6.04. The molecule has 0 unspecified atom stereocenters. The van der Waals surface area contributed by atoms with Crippen LogP contribution in [0, 0.1) is 0 Å². The second-order valence-corrected chi connectivity index (χ2v) is 4.25. The van der Waals surface area contributed by atoms with Gasteiger partial charge in [-0.2, -0.15) is 5.10 Å². The van der Waals surface area contributed by atoms with E-state index >= 15 is 0 Å². The summed E-state index contributed by atoms with van der Waals surface area (Å²) in [6.07, 6.45) is 2.83. The highest BCUT2D eigenvalue weighted by molar-refractivity contribution is 5.88. The van der Waals surface area contributed by atoms with Gasteiger partial charge in [0.25, 0.3) is 5.95 Å². The van der Waals surface area contributed by atoms with E-state index in [1.807, 2.05) is 0 Å². The van der Waals surface area contributed by atoms with Gasteiger partial charge in [-0.1, -0.05) is 12.1 Å². The van der Waals surface area contributed by atoms with E-state index in [0.29, 0.717) is 6.54 Å². The van der Waals surface area contributed by atoms with Crippen LogP contribution in [0.2, 0.25) is 0 Å². The Kier molecular flexibility index (Phi) is 4.39. The highest BCUT2D eigenvalue weighted by Crippen LogP contribution is 2.08. The number of anilines is 1. The molecule has 0 aliphatic heterocycles. The number of carboxylic acid groups (broad SMARTS) is 1. The number of nitrogens with zero attached hydrogens (tertiary/aromatic N) is 4. The zero-order chi connectivity index (χ0) is 15.2. The summed E-state index contributed by atoms with van der Waals surface area (Å²) < 4.78 is 0. The number of benzene rings is 1. The Bertz CT molecular complexity index is 630. The van der Waals surface area contributed by atoms with Crippen molar-refractivity contribution in [3.8, 4) is 0 Å². The summed E-state index contributed by atoms with van der Waals surface area (Å²) in [5.41, 5.74) is 1.01. The minimum absolute atomic E-state index is 0.121. The van der Waals surface area contributed by atoms with E-state index in [-0.39, 0.29) is 17.5 Å². The van der Waals surface area contributed by atoms with E-state index in [2.05, 4.69) is 20.5 Å². The number of hydrogen-bond acceptors (Lipinski definition) is 5. The van der Waals surface area contributed by atoms with Crippen molar-refractivity contribution < 1.29 is 14.7 Å². The van der Waals surface area contributed by atoms with Crippen LogP contribution in [0.5, 0.6) is 0 Å². The van der Waals surface area contributed by atoms with Crippen LogP contribution in [-0.4, -0.2) is 44.2 Å². The molecule has 0 saturated carbocycles. The number of carbonyl (C=O) groups is 2. The molecule has 8 nitrogen and oxygen atoms in total. The Labute approximate surface area is 120 Å². The fraction of sp³-hybridized carbons (Fsp3) is 0.154. The molecule has 0 radical (unpaired) electrons. The van der Waals surface area contributed by atoms with Crippen LogP contribution in [0.25, 0.3) is 0 Å². The van der Waals surface area contributed by atoms with Crippen molar-refractivity contribution in [2.75, 3.05) is 12.4 Å². The molecule has 0 saturated heterocycles. The molecular formula is C13H13N5O3. The van der Waals surface area contributed by atoms with Crippen molar-refractivity contribution in [2.24, 2.45) is 0 Å². The fourth-order valence-electron chi connectivity index (χ4n) is 1.59. The second-order valence-electron chi connectivity index (χ2n) is 4.25. The lowest BCUT2D eigenvalue weighted by molar-refractivity contribution is 0.0697. The highest BCUT2D eigenvalue weighted by atomic mass is 16.4. The predicted octanol–water partition coefficient (Wildman–Crippen LogP) is 1.23. The first kappa shape index (κ1) is 14.4. The van der Waals surface area contributed by atoms with Crippen LogP contribution in [0.3, 0.4) is 0 Å². The number of nitrogens with one attached hydrogen (secondary N) is 1. The van der Waals surface area contributed by atoms with Gasteiger partial charge in [0, 0.05) is 13.6 Å². The Hall–Kier alpha value is -3.03. The van der Waals surface area contributed by atoms with E-state index < -0.39 is 5.97 Å². The van der Waals surface area contributed by atoms with Gasteiger partial charge in [-0.15, -0.1) is 5.10 Å². The van der Waals surface area contributed by atoms with Crippen molar-refractivity contribution in [1.29, 1.82) is 0 Å². The van der Waals surface area contributed by atoms with Gasteiger partial charge in [0.15, 0.2) is 0 Å². The third-order valence-corrected chi connectivity index (χ3v) is 2.67. The summed E-state index contributed by atoms with van der Waals surface area (Å²) in [5, 5.41) is 18.6. The number of aromatic nitrogens is 3. The maximum atomic E-state index is 11.9. The van der Waals surface area contributed by atoms with E-state index in [1.54, 1.807) is 19.2 Å². The lowest BCUT2D eigenvalue weighted by atomic mass is 10.1. The van der Waals surface area contributed by atoms with Crippen LogP contribution in [0.1, 0.15) is 15.9 Å². The normalized spacial score (nSPS) is 9.95. The molecule has 1 aromatic carbocycles. The lowest BCUT2D eigenvalue weighted by Crippen LogP contribution is -2.31. The average Bonchev–Trinajstić information content (AvgIpc) is 2.48. The fourth-order valence-corrected chi connectivity index (χ4v) is 1.59. The van der Waals surface area contributed by atoms with Crippen LogP contribution in [0.4, 0.5) is 10.7 Å². The van der Waals surface area contributed by atoms with Gasteiger partial charge in [-0.05, 0) is 17.7 Å². The summed E-state index contributed by atoms with van der Waals surface area (Å²) >= 11 is 0. The quantitative estimate of drug-likeness (QED) is 0.875. The Morgan fingerprint density at radius 2 is 1.95 bits per heavy atom. The summed E-state index contributed by atoms with van der Waals surface area (Å²) in [7, 11) is 1.61. The number of amides is 2. The van der Waals surface area contributed by atoms with Gasteiger partial charge in [0.2, 0.25) is 0 Å². The zero-order valence-corrected chi connectivity index (χ0v) is 11.2. The largest absolute Gasteiger partial charge is 0.478 e.